The average Bonchev–Trinajstić information content (AvgIpc) is 3.28. The Balaban J connectivity index is 1.54. The first-order valence-electron chi connectivity index (χ1n) is 10.6. The zero-order chi connectivity index (χ0) is 25.8. The maximum Gasteiger partial charge on any atom is 0.416 e. The van der Waals surface area contributed by atoms with Crippen LogP contribution in [0.2, 0.25) is 0 Å². The van der Waals surface area contributed by atoms with Crippen LogP contribution in [0.4, 0.5) is 32.4 Å². The van der Waals surface area contributed by atoms with Crippen molar-refractivity contribution in [2.75, 3.05) is 4.90 Å². The van der Waals surface area contributed by atoms with Crippen molar-refractivity contribution < 1.29 is 36.3 Å². The quantitative estimate of drug-likeness (QED) is 0.289. The first-order chi connectivity index (χ1) is 17.0. The van der Waals surface area contributed by atoms with E-state index in [1.807, 2.05) is 0 Å². The lowest BCUT2D eigenvalue weighted by Gasteiger charge is -2.16. The van der Waals surface area contributed by atoms with Crippen molar-refractivity contribution >= 4 is 29.2 Å². The van der Waals surface area contributed by atoms with Gasteiger partial charge in [0.2, 0.25) is 0 Å². The summed E-state index contributed by atoms with van der Waals surface area (Å²) in [5.41, 5.74) is 0.501. The van der Waals surface area contributed by atoms with Gasteiger partial charge < -0.3 is 0 Å². The Labute approximate surface area is 200 Å². The van der Waals surface area contributed by atoms with E-state index in [1.54, 1.807) is 0 Å². The largest absolute Gasteiger partial charge is 0.416 e. The molecule has 11 heteroatoms. The monoisotopic (exact) mass is 499 g/mol. The van der Waals surface area contributed by atoms with Crippen molar-refractivity contribution in [1.82, 2.24) is 5.01 Å². The minimum absolute atomic E-state index is 0.181. The van der Waals surface area contributed by atoms with Crippen molar-refractivity contribution in [3.8, 4) is 0 Å². The molecule has 1 atom stereocenters. The van der Waals surface area contributed by atoms with Gasteiger partial charge in [0.15, 0.2) is 0 Å². The van der Waals surface area contributed by atoms with Crippen LogP contribution in [0.3, 0.4) is 0 Å². The average molecular weight is 499 g/mol. The third-order valence-electron chi connectivity index (χ3n) is 5.98. The van der Waals surface area contributed by atoms with E-state index in [0.29, 0.717) is 38.7 Å². The summed E-state index contributed by atoms with van der Waals surface area (Å²) in [7, 11) is 0. The van der Waals surface area contributed by atoms with Gasteiger partial charge in [-0.05, 0) is 72.1 Å². The number of hydrogen-bond donors (Lipinski definition) is 0. The highest BCUT2D eigenvalue weighted by atomic mass is 19.4. The van der Waals surface area contributed by atoms with Crippen LogP contribution in [-0.2, 0) is 22.2 Å². The molecule has 2 aliphatic rings. The minimum atomic E-state index is -4.63. The molecule has 0 aromatic heterocycles. The Morgan fingerprint density at radius 3 is 2.08 bits per heavy atom. The van der Waals surface area contributed by atoms with E-state index >= 15 is 0 Å². The number of urea groups is 1. The molecule has 1 aliphatic heterocycles. The fraction of sp³-hybridized carbons (Fsp3) is 0.120. The number of hydrogen-bond acceptors (Lipinski definition) is 4. The molecule has 1 fully saturated rings. The summed E-state index contributed by atoms with van der Waals surface area (Å²) in [5.74, 6) is -4.18. The third kappa shape index (κ3) is 3.92. The van der Waals surface area contributed by atoms with Gasteiger partial charge in [-0.25, -0.2) is 18.5 Å². The molecule has 182 valence electrons. The van der Waals surface area contributed by atoms with E-state index in [0.717, 1.165) is 12.1 Å². The predicted octanol–water partition coefficient (Wildman–Crippen LogP) is 5.02. The molecule has 0 radical (unpaired) electrons. The summed E-state index contributed by atoms with van der Waals surface area (Å²) in [6.45, 7) is 0. The van der Waals surface area contributed by atoms with E-state index in [1.165, 1.54) is 42.5 Å². The predicted molar refractivity (Wildman–Crippen MR) is 117 cm³/mol. The number of rotatable bonds is 3. The van der Waals surface area contributed by atoms with Gasteiger partial charge in [-0.3, -0.25) is 9.59 Å². The number of carbonyl (C=O) groups excluding carboxylic acids is 3. The molecule has 0 N–H and O–H groups in total. The molecule has 0 spiro atoms. The van der Waals surface area contributed by atoms with E-state index in [2.05, 4.69) is 5.10 Å². The zero-order valence-corrected chi connectivity index (χ0v) is 18.1. The number of imide groups is 2. The van der Waals surface area contributed by atoms with Crippen LogP contribution in [0.25, 0.3) is 0 Å². The van der Waals surface area contributed by atoms with Crippen LogP contribution < -0.4 is 4.90 Å². The van der Waals surface area contributed by atoms with Gasteiger partial charge in [-0.1, -0.05) is 12.1 Å². The second-order valence-electron chi connectivity index (χ2n) is 8.18. The number of amides is 4. The van der Waals surface area contributed by atoms with E-state index in [9.17, 15) is 36.3 Å². The lowest BCUT2D eigenvalue weighted by Crippen LogP contribution is -2.31. The highest BCUT2D eigenvalue weighted by Gasteiger charge is 2.47. The Bertz CT molecular complexity index is 1430. The van der Waals surface area contributed by atoms with Crippen LogP contribution >= 0.6 is 0 Å². The lowest BCUT2D eigenvalue weighted by molar-refractivity contribution is -0.139. The summed E-state index contributed by atoms with van der Waals surface area (Å²) in [5, 5.41) is 4.50. The SMILES string of the molecule is O=C1C(=O)N(c2ccc(C(F)(F)F)cc2)C(=O)N1N=C1c2ccc(F)cc2CC1c1ccc(F)cc1. The fourth-order valence-electron chi connectivity index (χ4n) is 4.26. The maximum atomic E-state index is 13.9. The number of fused-ring (bicyclic) bond motifs is 1. The molecule has 3 aromatic carbocycles. The highest BCUT2D eigenvalue weighted by Crippen LogP contribution is 2.37. The van der Waals surface area contributed by atoms with Crippen molar-refractivity contribution in [2.45, 2.75) is 18.5 Å². The van der Waals surface area contributed by atoms with Crippen molar-refractivity contribution in [1.29, 1.82) is 0 Å². The number of alkyl halides is 3. The normalized spacial score (nSPS) is 19.0. The van der Waals surface area contributed by atoms with Gasteiger partial charge in [0.05, 0.1) is 17.0 Å². The lowest BCUT2D eigenvalue weighted by atomic mass is 9.94. The topological polar surface area (TPSA) is 70.1 Å². The number of hydrazone groups is 1. The molecule has 1 aliphatic carbocycles. The third-order valence-corrected chi connectivity index (χ3v) is 5.98. The Morgan fingerprint density at radius 2 is 1.44 bits per heavy atom. The molecule has 6 nitrogen and oxygen atoms in total. The maximum absolute atomic E-state index is 13.9. The second kappa shape index (κ2) is 8.36. The molecule has 5 rings (SSSR count). The van der Waals surface area contributed by atoms with Crippen LogP contribution in [0.15, 0.2) is 71.8 Å². The fourth-order valence-corrected chi connectivity index (χ4v) is 4.26. The summed E-state index contributed by atoms with van der Waals surface area (Å²) in [4.78, 5) is 38.7. The number of nitrogens with zero attached hydrogens (tertiary/aromatic N) is 3. The van der Waals surface area contributed by atoms with E-state index in [-0.39, 0.29) is 17.8 Å². The zero-order valence-electron chi connectivity index (χ0n) is 18.1. The van der Waals surface area contributed by atoms with Gasteiger partial charge in [0.1, 0.15) is 11.6 Å². The Kier molecular flexibility index (Phi) is 5.42. The molecule has 4 amide bonds. The number of anilines is 1. The smallest absolute Gasteiger partial charge is 0.262 e. The molecular formula is C25H14F5N3O3. The minimum Gasteiger partial charge on any atom is -0.262 e. The molecule has 1 saturated heterocycles. The van der Waals surface area contributed by atoms with Gasteiger partial charge in [-0.2, -0.15) is 18.3 Å². The molecular weight excluding hydrogens is 485 g/mol. The van der Waals surface area contributed by atoms with Gasteiger partial charge in [-0.15, -0.1) is 5.01 Å². The highest BCUT2D eigenvalue weighted by molar-refractivity contribution is 6.52. The van der Waals surface area contributed by atoms with Gasteiger partial charge in [0, 0.05) is 11.5 Å². The van der Waals surface area contributed by atoms with Crippen molar-refractivity contribution in [2.24, 2.45) is 5.10 Å². The Morgan fingerprint density at radius 1 is 0.806 bits per heavy atom. The number of benzene rings is 3. The molecule has 3 aromatic rings. The molecule has 1 heterocycles. The van der Waals surface area contributed by atoms with Gasteiger partial charge >= 0.3 is 24.0 Å². The first kappa shape index (κ1) is 23.3. The summed E-state index contributed by atoms with van der Waals surface area (Å²) in [6.07, 6.45) is -4.39. The molecule has 1 unspecified atom stereocenters. The van der Waals surface area contributed by atoms with Crippen molar-refractivity contribution in [3.63, 3.8) is 0 Å². The summed E-state index contributed by atoms with van der Waals surface area (Å²) >= 11 is 0. The molecule has 36 heavy (non-hydrogen) atoms. The second-order valence-corrected chi connectivity index (χ2v) is 8.18. The summed E-state index contributed by atoms with van der Waals surface area (Å²) in [6, 6.07) is 11.3. The van der Waals surface area contributed by atoms with Crippen molar-refractivity contribution in [3.05, 3.63) is 101 Å². The summed E-state index contributed by atoms with van der Waals surface area (Å²) < 4.78 is 66.0. The first-order valence-corrected chi connectivity index (χ1v) is 10.6. The van der Waals surface area contributed by atoms with Crippen LogP contribution in [-0.4, -0.2) is 28.6 Å². The standard InChI is InChI=1S/C25H14F5N3O3/c26-16-5-1-13(2-6-16)20-12-14-11-17(27)7-10-19(14)21(20)31-33-23(35)22(34)32(24(33)36)18-8-3-15(4-9-18)25(28,29)30/h1-11,20H,12H2. The Hall–Kier alpha value is -4.41. The molecule has 0 bridgehead atoms. The van der Waals surface area contributed by atoms with E-state index in [4.69, 9.17) is 0 Å². The molecule has 0 saturated carbocycles. The van der Waals surface area contributed by atoms with Gasteiger partial charge in [0.25, 0.3) is 0 Å². The number of carbonyl (C=O) groups is 3. The number of halogens is 5. The van der Waals surface area contributed by atoms with E-state index < -0.39 is 47.1 Å². The van der Waals surface area contributed by atoms with Crippen LogP contribution in [0, 0.1) is 11.6 Å². The van der Waals surface area contributed by atoms with Crippen LogP contribution in [0.1, 0.15) is 28.2 Å². The van der Waals surface area contributed by atoms with Crippen LogP contribution in [0.5, 0.6) is 0 Å².